The first kappa shape index (κ1) is 15.6. The van der Waals surface area contributed by atoms with Gasteiger partial charge in [-0.3, -0.25) is 4.79 Å². The third-order valence-corrected chi connectivity index (χ3v) is 4.15. The van der Waals surface area contributed by atoms with Crippen LogP contribution in [0.25, 0.3) is 0 Å². The molecule has 7 heteroatoms. The fourth-order valence-electron chi connectivity index (χ4n) is 1.55. The van der Waals surface area contributed by atoms with Crippen molar-refractivity contribution >= 4 is 16.0 Å². The molecule has 0 bridgehead atoms. The first-order valence-corrected chi connectivity index (χ1v) is 7.29. The molecule has 0 unspecified atom stereocenters. The number of hydrogen-bond acceptors (Lipinski definition) is 3. The highest BCUT2D eigenvalue weighted by Crippen LogP contribution is 2.16. The summed E-state index contributed by atoms with van der Waals surface area (Å²) in [5.74, 6) is -1.53. The van der Waals surface area contributed by atoms with E-state index in [1.165, 1.54) is 12.1 Å². The Labute approximate surface area is 111 Å². The lowest BCUT2D eigenvalue weighted by Crippen LogP contribution is -2.25. The Morgan fingerprint density at radius 3 is 2.68 bits per heavy atom. The molecule has 1 aromatic carbocycles. The van der Waals surface area contributed by atoms with E-state index < -0.39 is 21.8 Å². The van der Waals surface area contributed by atoms with Gasteiger partial charge in [0.1, 0.15) is 5.82 Å². The van der Waals surface area contributed by atoms with Gasteiger partial charge in [-0.1, -0.05) is 6.07 Å². The van der Waals surface area contributed by atoms with E-state index in [9.17, 15) is 17.6 Å². The quantitative estimate of drug-likeness (QED) is 0.748. The van der Waals surface area contributed by atoms with Crippen LogP contribution in [0.3, 0.4) is 0 Å². The molecule has 0 aromatic heterocycles. The summed E-state index contributed by atoms with van der Waals surface area (Å²) in [6.45, 7) is 1.71. The SMILES string of the molecule is Cc1ccc(F)cc1S(=O)(=O)NCCCCC(=O)O. The lowest BCUT2D eigenvalue weighted by Gasteiger charge is -2.09. The number of carboxylic acid groups (broad SMARTS) is 1. The number of carboxylic acids is 1. The van der Waals surface area contributed by atoms with Crippen LogP contribution in [-0.2, 0) is 14.8 Å². The number of unbranched alkanes of at least 4 members (excludes halogenated alkanes) is 1. The van der Waals surface area contributed by atoms with Crippen molar-refractivity contribution in [2.24, 2.45) is 0 Å². The van der Waals surface area contributed by atoms with Gasteiger partial charge in [-0.05, 0) is 37.5 Å². The summed E-state index contributed by atoms with van der Waals surface area (Å²) in [6.07, 6.45) is 0.806. The minimum atomic E-state index is -3.75. The largest absolute Gasteiger partial charge is 0.481 e. The number of aryl methyl sites for hydroxylation is 1. The zero-order valence-corrected chi connectivity index (χ0v) is 11.3. The van der Waals surface area contributed by atoms with E-state index in [2.05, 4.69) is 4.72 Å². The van der Waals surface area contributed by atoms with Crippen molar-refractivity contribution in [3.63, 3.8) is 0 Å². The summed E-state index contributed by atoms with van der Waals surface area (Å²) in [4.78, 5) is 10.2. The zero-order valence-electron chi connectivity index (χ0n) is 10.5. The van der Waals surface area contributed by atoms with Gasteiger partial charge in [0, 0.05) is 13.0 Å². The number of sulfonamides is 1. The van der Waals surface area contributed by atoms with Crippen molar-refractivity contribution in [1.29, 1.82) is 0 Å². The zero-order chi connectivity index (χ0) is 14.5. The van der Waals surface area contributed by atoms with E-state index in [1.807, 2.05) is 0 Å². The number of halogens is 1. The van der Waals surface area contributed by atoms with Gasteiger partial charge in [0.15, 0.2) is 0 Å². The summed E-state index contributed by atoms with van der Waals surface area (Å²) < 4.78 is 39.2. The first-order valence-electron chi connectivity index (χ1n) is 5.80. The van der Waals surface area contributed by atoms with Gasteiger partial charge in [-0.15, -0.1) is 0 Å². The molecule has 0 saturated carbocycles. The van der Waals surface area contributed by atoms with Gasteiger partial charge in [-0.2, -0.15) is 0 Å². The monoisotopic (exact) mass is 289 g/mol. The second-order valence-electron chi connectivity index (χ2n) is 4.16. The maximum Gasteiger partial charge on any atom is 0.303 e. The predicted octanol–water partition coefficient (Wildman–Crippen LogP) is 1.67. The Morgan fingerprint density at radius 2 is 2.05 bits per heavy atom. The summed E-state index contributed by atoms with van der Waals surface area (Å²) in [5.41, 5.74) is 0.458. The Hall–Kier alpha value is -1.47. The number of hydrogen-bond donors (Lipinski definition) is 2. The van der Waals surface area contributed by atoms with Gasteiger partial charge in [0.2, 0.25) is 10.0 Å². The highest BCUT2D eigenvalue weighted by molar-refractivity contribution is 7.89. The molecule has 0 atom stereocenters. The molecule has 0 amide bonds. The normalized spacial score (nSPS) is 11.5. The third kappa shape index (κ3) is 4.96. The fraction of sp³-hybridized carbons (Fsp3) is 0.417. The van der Waals surface area contributed by atoms with E-state index in [-0.39, 0.29) is 17.9 Å². The van der Waals surface area contributed by atoms with Crippen LogP contribution in [0, 0.1) is 12.7 Å². The van der Waals surface area contributed by atoms with E-state index in [0.29, 0.717) is 18.4 Å². The number of carbonyl (C=O) groups is 1. The van der Waals surface area contributed by atoms with Gasteiger partial charge in [0.25, 0.3) is 0 Å². The average Bonchev–Trinajstić information content (AvgIpc) is 2.31. The predicted molar refractivity (Wildman–Crippen MR) is 67.8 cm³/mol. The average molecular weight is 289 g/mol. The molecule has 0 saturated heterocycles. The van der Waals surface area contributed by atoms with Crippen LogP contribution >= 0.6 is 0 Å². The highest BCUT2D eigenvalue weighted by atomic mass is 32.2. The maximum absolute atomic E-state index is 13.1. The van der Waals surface area contributed by atoms with Crippen LogP contribution in [0.1, 0.15) is 24.8 Å². The van der Waals surface area contributed by atoms with E-state index in [1.54, 1.807) is 6.92 Å². The molecule has 1 aromatic rings. The first-order chi connectivity index (χ1) is 8.83. The van der Waals surface area contributed by atoms with Crippen molar-refractivity contribution in [3.8, 4) is 0 Å². The van der Waals surface area contributed by atoms with E-state index in [0.717, 1.165) is 6.07 Å². The van der Waals surface area contributed by atoms with Crippen molar-refractivity contribution in [2.75, 3.05) is 6.54 Å². The lowest BCUT2D eigenvalue weighted by molar-refractivity contribution is -0.137. The van der Waals surface area contributed by atoms with Gasteiger partial charge < -0.3 is 5.11 Å². The van der Waals surface area contributed by atoms with Crippen molar-refractivity contribution < 1.29 is 22.7 Å². The Morgan fingerprint density at radius 1 is 1.37 bits per heavy atom. The summed E-state index contributed by atoms with van der Waals surface area (Å²) in [5, 5.41) is 8.44. The van der Waals surface area contributed by atoms with Crippen LogP contribution in [0.2, 0.25) is 0 Å². The molecule has 0 aliphatic heterocycles. The topological polar surface area (TPSA) is 83.5 Å². The minimum Gasteiger partial charge on any atom is -0.481 e. The molecule has 2 N–H and O–H groups in total. The number of benzene rings is 1. The second-order valence-corrected chi connectivity index (χ2v) is 5.89. The molecule has 106 valence electrons. The molecular formula is C12H16FNO4S. The third-order valence-electron chi connectivity index (χ3n) is 2.55. The number of nitrogens with one attached hydrogen (secondary N) is 1. The van der Waals surface area contributed by atoms with Crippen LogP contribution in [0.5, 0.6) is 0 Å². The van der Waals surface area contributed by atoms with Crippen LogP contribution in [0.4, 0.5) is 4.39 Å². The minimum absolute atomic E-state index is 0.000715. The molecule has 0 radical (unpaired) electrons. The molecule has 0 aliphatic carbocycles. The Kier molecular flexibility index (Phi) is 5.44. The van der Waals surface area contributed by atoms with Crippen LogP contribution in [-0.4, -0.2) is 26.0 Å². The van der Waals surface area contributed by atoms with Crippen molar-refractivity contribution in [3.05, 3.63) is 29.6 Å². The fourth-order valence-corrected chi connectivity index (χ4v) is 2.88. The molecule has 0 fully saturated rings. The van der Waals surface area contributed by atoms with Crippen LogP contribution in [0.15, 0.2) is 23.1 Å². The van der Waals surface area contributed by atoms with E-state index >= 15 is 0 Å². The molecular weight excluding hydrogens is 273 g/mol. The molecule has 19 heavy (non-hydrogen) atoms. The number of rotatable bonds is 7. The molecule has 0 spiro atoms. The second kappa shape index (κ2) is 6.63. The number of aliphatic carboxylic acids is 1. The van der Waals surface area contributed by atoms with Gasteiger partial charge in [-0.25, -0.2) is 17.5 Å². The Bertz CT molecular complexity index is 557. The molecule has 5 nitrogen and oxygen atoms in total. The standard InChI is InChI=1S/C12H16FNO4S/c1-9-5-6-10(13)8-11(9)19(17,18)14-7-3-2-4-12(15)16/h5-6,8,14H,2-4,7H2,1H3,(H,15,16). The molecule has 0 heterocycles. The highest BCUT2D eigenvalue weighted by Gasteiger charge is 2.16. The molecule has 1 rings (SSSR count). The lowest BCUT2D eigenvalue weighted by atomic mass is 10.2. The summed E-state index contributed by atoms with van der Waals surface area (Å²) in [7, 11) is -3.75. The maximum atomic E-state index is 13.1. The summed E-state index contributed by atoms with van der Waals surface area (Å²) >= 11 is 0. The van der Waals surface area contributed by atoms with Gasteiger partial charge >= 0.3 is 5.97 Å². The smallest absolute Gasteiger partial charge is 0.303 e. The van der Waals surface area contributed by atoms with E-state index in [4.69, 9.17) is 5.11 Å². The Balaban J connectivity index is 2.61. The van der Waals surface area contributed by atoms with Crippen molar-refractivity contribution in [1.82, 2.24) is 4.72 Å². The van der Waals surface area contributed by atoms with Crippen LogP contribution < -0.4 is 4.72 Å². The summed E-state index contributed by atoms with van der Waals surface area (Å²) in [6, 6.07) is 3.56. The van der Waals surface area contributed by atoms with Gasteiger partial charge in [0.05, 0.1) is 4.90 Å². The molecule has 0 aliphatic rings. The van der Waals surface area contributed by atoms with Crippen molar-refractivity contribution in [2.45, 2.75) is 31.1 Å².